The largest absolute Gasteiger partial charge is 0.492 e. The molecule has 2 rings (SSSR count). The Morgan fingerprint density at radius 3 is 2.79 bits per heavy atom. The Kier molecular flexibility index (Phi) is 5.67. The van der Waals surface area contributed by atoms with Crippen molar-refractivity contribution in [2.45, 2.75) is 45.3 Å². The second kappa shape index (κ2) is 7.51. The molecule has 1 aliphatic rings. The zero-order valence-electron chi connectivity index (χ0n) is 12.0. The van der Waals surface area contributed by atoms with Gasteiger partial charge in [-0.1, -0.05) is 19.1 Å². The van der Waals surface area contributed by atoms with Gasteiger partial charge >= 0.3 is 0 Å². The molecule has 0 aromatic heterocycles. The zero-order valence-corrected chi connectivity index (χ0v) is 12.0. The summed E-state index contributed by atoms with van der Waals surface area (Å²) in [5.41, 5.74) is 1.34. The highest BCUT2D eigenvalue weighted by atomic mass is 16.5. The Bertz CT molecular complexity index is 358. The second-order valence-electron chi connectivity index (χ2n) is 5.14. The molecule has 1 saturated heterocycles. The number of hydrogen-bond donors (Lipinski definition) is 1. The van der Waals surface area contributed by atoms with Gasteiger partial charge in [0, 0.05) is 19.2 Å². The van der Waals surface area contributed by atoms with Gasteiger partial charge in [-0.2, -0.15) is 0 Å². The van der Waals surface area contributed by atoms with E-state index in [9.17, 15) is 0 Å². The summed E-state index contributed by atoms with van der Waals surface area (Å²) in [6.45, 7) is 6.81. The molecule has 1 heterocycles. The Morgan fingerprint density at radius 1 is 1.37 bits per heavy atom. The van der Waals surface area contributed by atoms with Crippen LogP contribution in [-0.4, -0.2) is 31.9 Å². The van der Waals surface area contributed by atoms with Crippen molar-refractivity contribution in [3.63, 3.8) is 0 Å². The van der Waals surface area contributed by atoms with Crippen LogP contribution in [0.25, 0.3) is 0 Å². The van der Waals surface area contributed by atoms with Gasteiger partial charge in [0.15, 0.2) is 0 Å². The number of nitrogens with one attached hydrogen (secondary N) is 1. The second-order valence-corrected chi connectivity index (χ2v) is 5.14. The number of hydrogen-bond acceptors (Lipinski definition) is 3. The van der Waals surface area contributed by atoms with Crippen LogP contribution in [0.1, 0.15) is 32.3 Å². The topological polar surface area (TPSA) is 30.5 Å². The van der Waals surface area contributed by atoms with E-state index in [4.69, 9.17) is 9.47 Å². The third kappa shape index (κ3) is 4.51. The van der Waals surface area contributed by atoms with Crippen molar-refractivity contribution in [2.24, 2.45) is 0 Å². The van der Waals surface area contributed by atoms with Crippen LogP contribution in [0, 0.1) is 0 Å². The molecule has 1 fully saturated rings. The van der Waals surface area contributed by atoms with Gasteiger partial charge < -0.3 is 14.8 Å². The molecule has 0 aliphatic carbocycles. The Balaban J connectivity index is 1.62. The molecule has 19 heavy (non-hydrogen) atoms. The van der Waals surface area contributed by atoms with Crippen molar-refractivity contribution in [1.82, 2.24) is 5.32 Å². The summed E-state index contributed by atoms with van der Waals surface area (Å²) in [5, 5.41) is 3.47. The third-order valence-electron chi connectivity index (χ3n) is 3.69. The summed E-state index contributed by atoms with van der Waals surface area (Å²) in [7, 11) is 0. The van der Waals surface area contributed by atoms with E-state index in [-0.39, 0.29) is 0 Å². The third-order valence-corrected chi connectivity index (χ3v) is 3.69. The summed E-state index contributed by atoms with van der Waals surface area (Å²) < 4.78 is 11.4. The molecule has 0 radical (unpaired) electrons. The number of aryl methyl sites for hydroxylation is 1. The number of rotatable bonds is 7. The summed E-state index contributed by atoms with van der Waals surface area (Å²) >= 11 is 0. The lowest BCUT2D eigenvalue weighted by molar-refractivity contribution is 0.0824. The van der Waals surface area contributed by atoms with Crippen molar-refractivity contribution < 1.29 is 9.47 Å². The van der Waals surface area contributed by atoms with Crippen LogP contribution in [0.2, 0.25) is 0 Å². The fraction of sp³-hybridized carbons (Fsp3) is 0.625. The quantitative estimate of drug-likeness (QED) is 0.767. The van der Waals surface area contributed by atoms with Crippen molar-refractivity contribution in [3.05, 3.63) is 29.8 Å². The highest BCUT2D eigenvalue weighted by Gasteiger charge is 2.21. The Labute approximate surface area is 116 Å². The first-order chi connectivity index (χ1) is 9.29. The van der Waals surface area contributed by atoms with E-state index in [2.05, 4.69) is 31.3 Å². The van der Waals surface area contributed by atoms with Crippen LogP contribution in [-0.2, 0) is 11.2 Å². The van der Waals surface area contributed by atoms with Crippen LogP contribution < -0.4 is 10.1 Å². The average molecular weight is 263 g/mol. The van der Waals surface area contributed by atoms with Crippen molar-refractivity contribution >= 4 is 0 Å². The highest BCUT2D eigenvalue weighted by molar-refractivity contribution is 5.27. The molecule has 2 unspecified atom stereocenters. The maximum Gasteiger partial charge on any atom is 0.119 e. The van der Waals surface area contributed by atoms with Crippen LogP contribution in [0.5, 0.6) is 5.75 Å². The van der Waals surface area contributed by atoms with Crippen LogP contribution in [0.15, 0.2) is 24.3 Å². The fourth-order valence-corrected chi connectivity index (χ4v) is 2.41. The molecule has 2 atom stereocenters. The lowest BCUT2D eigenvalue weighted by Gasteiger charge is -2.20. The molecule has 0 saturated carbocycles. The van der Waals surface area contributed by atoms with Gasteiger partial charge in [-0.3, -0.25) is 0 Å². The predicted molar refractivity (Wildman–Crippen MR) is 77.8 cm³/mol. The standard InChI is InChI=1S/C16H25NO2/c1-3-14-6-8-15(9-7-14)18-12-10-17-13(2)16-5-4-11-19-16/h6-9,13,16-17H,3-5,10-12H2,1-2H3. The number of benzene rings is 1. The summed E-state index contributed by atoms with van der Waals surface area (Å²) in [6, 6.07) is 8.74. The molecule has 0 bridgehead atoms. The van der Waals surface area contributed by atoms with E-state index in [1.54, 1.807) is 0 Å². The molecular formula is C16H25NO2. The van der Waals surface area contributed by atoms with Crippen LogP contribution in [0.4, 0.5) is 0 Å². The minimum Gasteiger partial charge on any atom is -0.492 e. The van der Waals surface area contributed by atoms with Gasteiger partial charge in [-0.05, 0) is 43.9 Å². The first kappa shape index (κ1) is 14.4. The van der Waals surface area contributed by atoms with E-state index in [1.165, 1.54) is 18.4 Å². The zero-order chi connectivity index (χ0) is 13.5. The van der Waals surface area contributed by atoms with Gasteiger partial charge in [0.2, 0.25) is 0 Å². The minimum atomic E-state index is 0.379. The van der Waals surface area contributed by atoms with Crippen molar-refractivity contribution in [1.29, 1.82) is 0 Å². The van der Waals surface area contributed by atoms with Gasteiger partial charge in [-0.15, -0.1) is 0 Å². The van der Waals surface area contributed by atoms with Gasteiger partial charge in [0.1, 0.15) is 12.4 Å². The molecule has 3 heteroatoms. The Hall–Kier alpha value is -1.06. The molecule has 106 valence electrons. The minimum absolute atomic E-state index is 0.379. The molecule has 1 aliphatic heterocycles. The first-order valence-electron chi connectivity index (χ1n) is 7.36. The molecule has 1 aromatic rings. The normalized spacial score (nSPS) is 20.4. The maximum absolute atomic E-state index is 5.72. The molecule has 1 aromatic carbocycles. The predicted octanol–water partition coefficient (Wildman–Crippen LogP) is 2.78. The fourth-order valence-electron chi connectivity index (χ4n) is 2.41. The van der Waals surface area contributed by atoms with Crippen molar-refractivity contribution in [3.8, 4) is 5.75 Å². The number of ether oxygens (including phenoxy) is 2. The molecule has 1 N–H and O–H groups in total. The van der Waals surface area contributed by atoms with E-state index in [0.717, 1.165) is 25.3 Å². The first-order valence-corrected chi connectivity index (χ1v) is 7.36. The molecular weight excluding hydrogens is 238 g/mol. The van der Waals surface area contributed by atoms with Crippen LogP contribution in [0.3, 0.4) is 0 Å². The van der Waals surface area contributed by atoms with E-state index in [0.29, 0.717) is 18.8 Å². The lowest BCUT2D eigenvalue weighted by Crippen LogP contribution is -2.39. The van der Waals surface area contributed by atoms with Gasteiger partial charge in [0.05, 0.1) is 6.10 Å². The average Bonchev–Trinajstić information content (AvgIpc) is 2.98. The van der Waals surface area contributed by atoms with Crippen molar-refractivity contribution in [2.75, 3.05) is 19.8 Å². The monoisotopic (exact) mass is 263 g/mol. The molecule has 0 amide bonds. The summed E-state index contributed by atoms with van der Waals surface area (Å²) in [6.07, 6.45) is 3.81. The van der Waals surface area contributed by atoms with E-state index >= 15 is 0 Å². The lowest BCUT2D eigenvalue weighted by atomic mass is 10.1. The maximum atomic E-state index is 5.72. The van der Waals surface area contributed by atoms with E-state index in [1.807, 2.05) is 12.1 Å². The van der Waals surface area contributed by atoms with Gasteiger partial charge in [0.25, 0.3) is 0 Å². The van der Waals surface area contributed by atoms with Gasteiger partial charge in [-0.25, -0.2) is 0 Å². The van der Waals surface area contributed by atoms with E-state index < -0.39 is 0 Å². The molecule has 3 nitrogen and oxygen atoms in total. The highest BCUT2D eigenvalue weighted by Crippen LogP contribution is 2.15. The van der Waals surface area contributed by atoms with Crippen LogP contribution >= 0.6 is 0 Å². The Morgan fingerprint density at radius 2 is 2.16 bits per heavy atom. The SMILES string of the molecule is CCc1ccc(OCCNC(C)C2CCCO2)cc1. The smallest absolute Gasteiger partial charge is 0.119 e. The summed E-state index contributed by atoms with van der Waals surface area (Å²) in [4.78, 5) is 0. The molecule has 0 spiro atoms. The summed E-state index contributed by atoms with van der Waals surface area (Å²) in [5.74, 6) is 0.948.